The summed E-state index contributed by atoms with van der Waals surface area (Å²) in [6.45, 7) is 3.54. The third kappa shape index (κ3) is 4.13. The molecular weight excluding hydrogens is 381 g/mol. The number of alkyl halides is 3. The van der Waals surface area contributed by atoms with Gasteiger partial charge in [0, 0.05) is 11.3 Å². The van der Waals surface area contributed by atoms with Crippen molar-refractivity contribution < 1.29 is 26.0 Å². The molecule has 0 amide bonds. The van der Waals surface area contributed by atoms with Gasteiger partial charge in [0.25, 0.3) is 10.0 Å². The summed E-state index contributed by atoms with van der Waals surface area (Å²) in [6, 6.07) is 9.81. The highest BCUT2D eigenvalue weighted by Gasteiger charge is 2.31. The fourth-order valence-corrected chi connectivity index (χ4v) is 3.46. The van der Waals surface area contributed by atoms with Gasteiger partial charge in [-0.15, -0.1) is 0 Å². The van der Waals surface area contributed by atoms with E-state index in [0.717, 1.165) is 18.2 Å². The number of anilines is 1. The molecule has 1 N–H and O–H groups in total. The van der Waals surface area contributed by atoms with Crippen LogP contribution in [0.15, 0.2) is 57.8 Å². The largest absolute Gasteiger partial charge is 0.441 e. The summed E-state index contributed by atoms with van der Waals surface area (Å²) in [5.74, 6) is 0.963. The monoisotopic (exact) mass is 396 g/mol. The second kappa shape index (κ2) is 6.73. The maximum Gasteiger partial charge on any atom is 0.416 e. The number of benzene rings is 2. The second-order valence-electron chi connectivity index (χ2n) is 5.87. The second-order valence-corrected chi connectivity index (χ2v) is 7.55. The van der Waals surface area contributed by atoms with Crippen LogP contribution in [-0.2, 0) is 16.2 Å². The van der Waals surface area contributed by atoms with Crippen molar-refractivity contribution in [3.05, 3.63) is 65.5 Å². The number of nitrogens with one attached hydrogen (secondary N) is 1. The van der Waals surface area contributed by atoms with Crippen LogP contribution in [0.1, 0.15) is 17.0 Å². The maximum atomic E-state index is 12.8. The summed E-state index contributed by atoms with van der Waals surface area (Å²) in [4.78, 5) is 3.76. The van der Waals surface area contributed by atoms with Crippen LogP contribution in [0, 0.1) is 13.8 Å². The molecule has 0 saturated heterocycles. The van der Waals surface area contributed by atoms with Crippen molar-refractivity contribution in [3.63, 3.8) is 0 Å². The first-order chi connectivity index (χ1) is 12.6. The van der Waals surface area contributed by atoms with Gasteiger partial charge in [-0.1, -0.05) is 12.1 Å². The van der Waals surface area contributed by atoms with E-state index in [1.807, 2.05) is 0 Å². The lowest BCUT2D eigenvalue weighted by molar-refractivity contribution is -0.137. The summed E-state index contributed by atoms with van der Waals surface area (Å²) in [6.07, 6.45) is -4.63. The number of halogens is 3. The van der Waals surface area contributed by atoms with Gasteiger partial charge in [0.05, 0.1) is 16.2 Å². The highest BCUT2D eigenvalue weighted by Crippen LogP contribution is 2.31. The first kappa shape index (κ1) is 19.0. The minimum Gasteiger partial charge on any atom is -0.441 e. The Morgan fingerprint density at radius 2 is 1.74 bits per heavy atom. The SMILES string of the molecule is Cc1nc(-c2cccc(NS(=O)(=O)c3cccc(C(F)(F)F)c3)c2)oc1C. The van der Waals surface area contributed by atoms with Gasteiger partial charge in [-0.3, -0.25) is 4.72 Å². The van der Waals surface area contributed by atoms with E-state index in [0.29, 0.717) is 29.0 Å². The minimum absolute atomic E-state index is 0.179. The lowest BCUT2D eigenvalue weighted by Gasteiger charge is -2.11. The number of nitrogens with zero attached hydrogens (tertiary/aromatic N) is 1. The van der Waals surface area contributed by atoms with Crippen LogP contribution in [0.3, 0.4) is 0 Å². The zero-order valence-electron chi connectivity index (χ0n) is 14.3. The normalized spacial score (nSPS) is 12.2. The van der Waals surface area contributed by atoms with Crippen LogP contribution >= 0.6 is 0 Å². The molecule has 0 radical (unpaired) electrons. The zero-order valence-corrected chi connectivity index (χ0v) is 15.1. The van der Waals surface area contributed by atoms with E-state index in [4.69, 9.17) is 4.42 Å². The van der Waals surface area contributed by atoms with E-state index in [1.54, 1.807) is 26.0 Å². The third-order valence-corrected chi connectivity index (χ3v) is 5.24. The van der Waals surface area contributed by atoms with Crippen molar-refractivity contribution in [2.75, 3.05) is 4.72 Å². The number of hydrogen-bond donors (Lipinski definition) is 1. The molecule has 142 valence electrons. The van der Waals surface area contributed by atoms with Crippen molar-refractivity contribution in [3.8, 4) is 11.5 Å². The van der Waals surface area contributed by atoms with Crippen LogP contribution < -0.4 is 4.72 Å². The van der Waals surface area contributed by atoms with E-state index >= 15 is 0 Å². The van der Waals surface area contributed by atoms with Crippen LogP contribution in [0.5, 0.6) is 0 Å². The molecule has 0 aliphatic carbocycles. The van der Waals surface area contributed by atoms with Gasteiger partial charge in [0.2, 0.25) is 5.89 Å². The lowest BCUT2D eigenvalue weighted by atomic mass is 10.2. The molecule has 1 aromatic heterocycles. The molecule has 5 nitrogen and oxygen atoms in total. The molecule has 3 aromatic rings. The van der Waals surface area contributed by atoms with Crippen LogP contribution in [0.2, 0.25) is 0 Å². The molecule has 1 heterocycles. The van der Waals surface area contributed by atoms with Crippen LogP contribution in [0.4, 0.5) is 18.9 Å². The van der Waals surface area contributed by atoms with E-state index in [9.17, 15) is 21.6 Å². The summed E-state index contributed by atoms with van der Waals surface area (Å²) in [5, 5.41) is 0. The Kier molecular flexibility index (Phi) is 4.73. The average Bonchev–Trinajstić information content (AvgIpc) is 2.93. The summed E-state index contributed by atoms with van der Waals surface area (Å²) >= 11 is 0. The van der Waals surface area contributed by atoms with Gasteiger partial charge in [-0.05, 0) is 50.2 Å². The topological polar surface area (TPSA) is 72.2 Å². The van der Waals surface area contributed by atoms with Gasteiger partial charge in [0.15, 0.2) is 0 Å². The Hall–Kier alpha value is -2.81. The maximum absolute atomic E-state index is 12.8. The summed E-state index contributed by atoms with van der Waals surface area (Å²) in [7, 11) is -4.20. The Balaban J connectivity index is 1.92. The molecule has 0 aliphatic heterocycles. The smallest absolute Gasteiger partial charge is 0.416 e. The molecule has 0 saturated carbocycles. The summed E-state index contributed by atoms with van der Waals surface area (Å²) in [5.41, 5.74) is 0.388. The van der Waals surface area contributed by atoms with Crippen molar-refractivity contribution in [1.82, 2.24) is 4.98 Å². The standard InChI is InChI=1S/C18H15F3N2O3S/c1-11-12(2)26-17(22-11)13-5-3-7-15(9-13)23-27(24,25)16-8-4-6-14(10-16)18(19,20)21/h3-10,23H,1-2H3. The minimum atomic E-state index is -4.63. The Morgan fingerprint density at radius 1 is 1.04 bits per heavy atom. The van der Waals surface area contributed by atoms with E-state index < -0.39 is 26.7 Å². The number of oxazole rings is 1. The van der Waals surface area contributed by atoms with Crippen LogP contribution in [-0.4, -0.2) is 13.4 Å². The lowest BCUT2D eigenvalue weighted by Crippen LogP contribution is -2.14. The quantitative estimate of drug-likeness (QED) is 0.689. The molecule has 0 unspecified atom stereocenters. The molecular formula is C18H15F3N2O3S. The molecule has 9 heteroatoms. The van der Waals surface area contributed by atoms with Crippen molar-refractivity contribution in [2.24, 2.45) is 0 Å². The predicted molar refractivity (Wildman–Crippen MR) is 93.7 cm³/mol. The first-order valence-corrected chi connectivity index (χ1v) is 9.29. The Labute approximate surface area is 153 Å². The van der Waals surface area contributed by atoms with Gasteiger partial charge in [0.1, 0.15) is 5.76 Å². The Morgan fingerprint density at radius 3 is 2.37 bits per heavy atom. The molecule has 0 bridgehead atoms. The van der Waals surface area contributed by atoms with E-state index in [2.05, 4.69) is 9.71 Å². The van der Waals surface area contributed by atoms with Crippen molar-refractivity contribution >= 4 is 15.7 Å². The number of hydrogen-bond acceptors (Lipinski definition) is 4. The molecule has 0 atom stereocenters. The predicted octanol–water partition coefficient (Wildman–Crippen LogP) is 4.78. The molecule has 3 rings (SSSR count). The number of aryl methyl sites for hydroxylation is 2. The third-order valence-electron chi connectivity index (χ3n) is 3.86. The first-order valence-electron chi connectivity index (χ1n) is 7.81. The van der Waals surface area contributed by atoms with Gasteiger partial charge < -0.3 is 4.42 Å². The fraction of sp³-hybridized carbons (Fsp3) is 0.167. The highest BCUT2D eigenvalue weighted by molar-refractivity contribution is 7.92. The fourth-order valence-electron chi connectivity index (χ4n) is 2.37. The van der Waals surface area contributed by atoms with Gasteiger partial charge >= 0.3 is 6.18 Å². The van der Waals surface area contributed by atoms with Crippen molar-refractivity contribution in [2.45, 2.75) is 24.9 Å². The average molecular weight is 396 g/mol. The zero-order chi connectivity index (χ0) is 19.8. The van der Waals surface area contributed by atoms with E-state index in [1.165, 1.54) is 12.1 Å². The van der Waals surface area contributed by atoms with Gasteiger partial charge in [-0.2, -0.15) is 13.2 Å². The number of rotatable bonds is 4. The molecule has 27 heavy (non-hydrogen) atoms. The van der Waals surface area contributed by atoms with E-state index in [-0.39, 0.29) is 5.69 Å². The van der Waals surface area contributed by atoms with Crippen LogP contribution in [0.25, 0.3) is 11.5 Å². The molecule has 0 aliphatic rings. The Bertz CT molecular complexity index is 1070. The number of sulfonamides is 1. The molecule has 0 fully saturated rings. The molecule has 0 spiro atoms. The number of aromatic nitrogens is 1. The van der Waals surface area contributed by atoms with Gasteiger partial charge in [-0.25, -0.2) is 13.4 Å². The molecule has 2 aromatic carbocycles. The van der Waals surface area contributed by atoms with Crippen molar-refractivity contribution in [1.29, 1.82) is 0 Å². The summed E-state index contributed by atoms with van der Waals surface area (Å²) < 4.78 is 71.2. The highest BCUT2D eigenvalue weighted by atomic mass is 32.2.